The Hall–Kier alpha value is -3.60. The Balaban J connectivity index is 1.58. The number of carbonyl (C=O) groups excluding carboxylic acids is 2. The molecule has 0 radical (unpaired) electrons. The fourth-order valence-corrected chi connectivity index (χ4v) is 2.55. The summed E-state index contributed by atoms with van der Waals surface area (Å²) < 4.78 is 5.73. The van der Waals surface area contributed by atoms with Crippen LogP contribution in [0.1, 0.15) is 31.8 Å². The van der Waals surface area contributed by atoms with Crippen molar-refractivity contribution in [1.29, 1.82) is 0 Å². The van der Waals surface area contributed by atoms with Crippen LogP contribution in [0.2, 0.25) is 0 Å². The summed E-state index contributed by atoms with van der Waals surface area (Å²) in [6, 6.07) is 23.8. The number of hydrogen-bond acceptors (Lipinski definition) is 3. The van der Waals surface area contributed by atoms with Gasteiger partial charge in [-0.2, -0.15) is 0 Å². The molecule has 0 bridgehead atoms. The second-order valence-corrected chi connectivity index (χ2v) is 6.03. The van der Waals surface area contributed by atoms with E-state index in [-0.39, 0.29) is 5.91 Å². The largest absolute Gasteiger partial charge is 0.489 e. The van der Waals surface area contributed by atoms with Gasteiger partial charge in [0.1, 0.15) is 12.4 Å². The van der Waals surface area contributed by atoms with Gasteiger partial charge in [0.05, 0.1) is 0 Å². The van der Waals surface area contributed by atoms with E-state index in [1.807, 2.05) is 49.4 Å². The van der Waals surface area contributed by atoms with Crippen molar-refractivity contribution in [1.82, 2.24) is 10.9 Å². The molecule has 0 atom stereocenters. The lowest BCUT2D eigenvalue weighted by Gasteiger charge is -2.10. The lowest BCUT2D eigenvalue weighted by Crippen LogP contribution is -2.41. The minimum absolute atomic E-state index is 0.363. The highest BCUT2D eigenvalue weighted by Crippen LogP contribution is 2.15. The highest BCUT2D eigenvalue weighted by Gasteiger charge is 2.11. The molecule has 2 N–H and O–H groups in total. The molecule has 3 rings (SSSR count). The predicted molar refractivity (Wildman–Crippen MR) is 103 cm³/mol. The summed E-state index contributed by atoms with van der Waals surface area (Å²) in [5.74, 6) is -0.197. The molecule has 0 saturated heterocycles. The molecule has 0 spiro atoms. The normalized spacial score (nSPS) is 10.1. The molecule has 0 aliphatic carbocycles. The van der Waals surface area contributed by atoms with Crippen LogP contribution in [-0.2, 0) is 6.61 Å². The minimum Gasteiger partial charge on any atom is -0.489 e. The molecule has 0 fully saturated rings. The maximum atomic E-state index is 12.3. The molecule has 2 amide bonds. The first-order valence-electron chi connectivity index (χ1n) is 8.56. The highest BCUT2D eigenvalue weighted by molar-refractivity contribution is 5.99. The van der Waals surface area contributed by atoms with Gasteiger partial charge in [-0.1, -0.05) is 54.6 Å². The van der Waals surface area contributed by atoms with Crippen LogP contribution >= 0.6 is 0 Å². The summed E-state index contributed by atoms with van der Waals surface area (Å²) in [5, 5.41) is 0. The number of benzene rings is 3. The second-order valence-electron chi connectivity index (χ2n) is 6.03. The van der Waals surface area contributed by atoms with Crippen LogP contribution in [0.4, 0.5) is 0 Å². The van der Waals surface area contributed by atoms with Crippen molar-refractivity contribution in [2.24, 2.45) is 0 Å². The minimum atomic E-state index is -0.415. The van der Waals surface area contributed by atoms with E-state index < -0.39 is 5.91 Å². The van der Waals surface area contributed by atoms with E-state index >= 15 is 0 Å². The molecule has 5 nitrogen and oxygen atoms in total. The fourth-order valence-electron chi connectivity index (χ4n) is 2.55. The predicted octanol–water partition coefficient (Wildman–Crippen LogP) is 3.65. The summed E-state index contributed by atoms with van der Waals surface area (Å²) in [6.07, 6.45) is 0. The smallest absolute Gasteiger partial charge is 0.269 e. The molecule has 3 aromatic rings. The number of hydrazine groups is 1. The topological polar surface area (TPSA) is 67.4 Å². The summed E-state index contributed by atoms with van der Waals surface area (Å²) in [5.41, 5.74) is 7.65. The molecular weight excluding hydrogens is 340 g/mol. The van der Waals surface area contributed by atoms with Gasteiger partial charge >= 0.3 is 0 Å². The fraction of sp³-hybridized carbons (Fsp3) is 0.0909. The number of nitrogens with one attached hydrogen (secondary N) is 2. The van der Waals surface area contributed by atoms with Gasteiger partial charge in [-0.15, -0.1) is 0 Å². The molecule has 5 heteroatoms. The molecule has 0 aliphatic heterocycles. The third-order valence-electron chi connectivity index (χ3n) is 4.02. The summed E-state index contributed by atoms with van der Waals surface area (Å²) >= 11 is 0. The zero-order chi connectivity index (χ0) is 19.1. The average molecular weight is 360 g/mol. The molecule has 3 aromatic carbocycles. The first kappa shape index (κ1) is 18.2. The maximum Gasteiger partial charge on any atom is 0.269 e. The van der Waals surface area contributed by atoms with Gasteiger partial charge in [0.25, 0.3) is 11.8 Å². The molecule has 0 aromatic heterocycles. The van der Waals surface area contributed by atoms with E-state index in [0.717, 1.165) is 11.1 Å². The lowest BCUT2D eigenvalue weighted by molar-refractivity contribution is 0.0846. The van der Waals surface area contributed by atoms with Crippen molar-refractivity contribution in [2.75, 3.05) is 0 Å². The summed E-state index contributed by atoms with van der Waals surface area (Å²) in [7, 11) is 0. The Morgan fingerprint density at radius 1 is 0.815 bits per heavy atom. The average Bonchev–Trinajstić information content (AvgIpc) is 2.71. The van der Waals surface area contributed by atoms with E-state index in [1.165, 1.54) is 0 Å². The number of hydrogen-bond donors (Lipinski definition) is 2. The van der Waals surface area contributed by atoms with Crippen molar-refractivity contribution < 1.29 is 14.3 Å². The standard InChI is InChI=1S/C22H20N2O3/c1-16-8-5-6-13-20(16)22(26)24-23-21(25)18-11-7-12-19(14-18)27-15-17-9-3-2-4-10-17/h2-14H,15H2,1H3,(H,23,25)(H,24,26). The van der Waals surface area contributed by atoms with Crippen LogP contribution in [0.25, 0.3) is 0 Å². The molecule has 0 heterocycles. The zero-order valence-electron chi connectivity index (χ0n) is 14.9. The van der Waals surface area contributed by atoms with Crippen molar-refractivity contribution in [3.63, 3.8) is 0 Å². The Morgan fingerprint density at radius 2 is 1.52 bits per heavy atom. The van der Waals surface area contributed by atoms with Crippen LogP contribution in [0.5, 0.6) is 5.75 Å². The SMILES string of the molecule is Cc1ccccc1C(=O)NNC(=O)c1cccc(OCc2ccccc2)c1. The van der Waals surface area contributed by atoms with Crippen LogP contribution in [0, 0.1) is 6.92 Å². The maximum absolute atomic E-state index is 12.3. The summed E-state index contributed by atoms with van der Waals surface area (Å²) in [6.45, 7) is 2.25. The number of amides is 2. The Morgan fingerprint density at radius 3 is 2.30 bits per heavy atom. The lowest BCUT2D eigenvalue weighted by atomic mass is 10.1. The molecule has 27 heavy (non-hydrogen) atoms. The number of carbonyl (C=O) groups is 2. The number of aryl methyl sites for hydroxylation is 1. The molecule has 0 unspecified atom stereocenters. The molecule has 136 valence electrons. The van der Waals surface area contributed by atoms with Gasteiger partial charge < -0.3 is 4.74 Å². The van der Waals surface area contributed by atoms with Crippen LogP contribution < -0.4 is 15.6 Å². The Labute approximate surface area is 158 Å². The van der Waals surface area contributed by atoms with E-state index in [2.05, 4.69) is 10.9 Å². The third-order valence-corrected chi connectivity index (χ3v) is 4.02. The summed E-state index contributed by atoms with van der Waals surface area (Å²) in [4.78, 5) is 24.5. The first-order valence-corrected chi connectivity index (χ1v) is 8.56. The zero-order valence-corrected chi connectivity index (χ0v) is 14.9. The van der Waals surface area contributed by atoms with E-state index in [1.54, 1.807) is 36.4 Å². The van der Waals surface area contributed by atoms with Gasteiger partial charge in [-0.3, -0.25) is 20.4 Å². The van der Waals surface area contributed by atoms with Crippen LogP contribution in [0.15, 0.2) is 78.9 Å². The van der Waals surface area contributed by atoms with Gasteiger partial charge in [-0.25, -0.2) is 0 Å². The third kappa shape index (κ3) is 4.95. The van der Waals surface area contributed by atoms with Crippen LogP contribution in [-0.4, -0.2) is 11.8 Å². The quantitative estimate of drug-likeness (QED) is 0.683. The van der Waals surface area contributed by atoms with Crippen molar-refractivity contribution in [3.8, 4) is 5.75 Å². The number of rotatable bonds is 5. The first-order chi connectivity index (χ1) is 13.1. The molecule has 0 saturated carbocycles. The van der Waals surface area contributed by atoms with E-state index in [9.17, 15) is 9.59 Å². The Kier molecular flexibility index (Phi) is 5.84. The molecular formula is C22H20N2O3. The van der Waals surface area contributed by atoms with Gasteiger partial charge in [0.2, 0.25) is 0 Å². The monoisotopic (exact) mass is 360 g/mol. The second kappa shape index (κ2) is 8.67. The Bertz CT molecular complexity index is 939. The van der Waals surface area contributed by atoms with Crippen molar-refractivity contribution in [3.05, 3.63) is 101 Å². The van der Waals surface area contributed by atoms with Gasteiger partial charge in [0.15, 0.2) is 0 Å². The van der Waals surface area contributed by atoms with E-state index in [4.69, 9.17) is 4.74 Å². The van der Waals surface area contributed by atoms with Gasteiger partial charge in [-0.05, 0) is 42.3 Å². The van der Waals surface area contributed by atoms with E-state index in [0.29, 0.717) is 23.5 Å². The van der Waals surface area contributed by atoms with Gasteiger partial charge in [0, 0.05) is 11.1 Å². The highest BCUT2D eigenvalue weighted by atomic mass is 16.5. The van der Waals surface area contributed by atoms with Crippen molar-refractivity contribution in [2.45, 2.75) is 13.5 Å². The molecule has 0 aliphatic rings. The number of ether oxygens (including phenoxy) is 1. The van der Waals surface area contributed by atoms with Crippen LogP contribution in [0.3, 0.4) is 0 Å². The van der Waals surface area contributed by atoms with Crippen molar-refractivity contribution >= 4 is 11.8 Å².